The van der Waals surface area contributed by atoms with E-state index in [-0.39, 0.29) is 35.8 Å². The molecule has 2 N–H and O–H groups in total. The van der Waals surface area contributed by atoms with Gasteiger partial charge in [-0.15, -0.1) is 0 Å². The average Bonchev–Trinajstić information content (AvgIpc) is 3.25. The van der Waals surface area contributed by atoms with Crippen LogP contribution in [0.15, 0.2) is 24.3 Å². The van der Waals surface area contributed by atoms with Crippen LogP contribution in [0, 0.1) is 11.3 Å². The predicted octanol–water partition coefficient (Wildman–Crippen LogP) is 2.71. The summed E-state index contributed by atoms with van der Waals surface area (Å²) >= 11 is 0. The van der Waals surface area contributed by atoms with E-state index in [2.05, 4.69) is 26.1 Å². The molecule has 1 aromatic carbocycles. The van der Waals surface area contributed by atoms with E-state index in [1.165, 1.54) is 0 Å². The van der Waals surface area contributed by atoms with Gasteiger partial charge in [-0.3, -0.25) is 4.79 Å². The van der Waals surface area contributed by atoms with Gasteiger partial charge >= 0.3 is 0 Å². The summed E-state index contributed by atoms with van der Waals surface area (Å²) < 4.78 is 5.23. The molecule has 2 rings (SSSR count). The van der Waals surface area contributed by atoms with E-state index in [4.69, 9.17) is 4.74 Å². The van der Waals surface area contributed by atoms with Crippen LogP contribution in [0.2, 0.25) is 0 Å². The van der Waals surface area contributed by atoms with Crippen molar-refractivity contribution in [1.29, 1.82) is 0 Å². The molecule has 0 radical (unpaired) electrons. The molecule has 0 bridgehead atoms. The Balaban J connectivity index is 1.92. The monoisotopic (exact) mass is 305 g/mol. The van der Waals surface area contributed by atoms with Gasteiger partial charge in [-0.05, 0) is 41.9 Å². The van der Waals surface area contributed by atoms with E-state index in [1.807, 2.05) is 24.3 Å². The van der Waals surface area contributed by atoms with Crippen LogP contribution < -0.4 is 10.1 Å². The summed E-state index contributed by atoms with van der Waals surface area (Å²) in [6.07, 6.45) is 1.64. The summed E-state index contributed by atoms with van der Waals surface area (Å²) in [7, 11) is 1.65. The molecule has 1 aliphatic rings. The fourth-order valence-corrected chi connectivity index (χ4v) is 2.93. The molecule has 3 atom stereocenters. The molecule has 3 unspecified atom stereocenters. The van der Waals surface area contributed by atoms with Gasteiger partial charge in [0, 0.05) is 5.92 Å². The largest absolute Gasteiger partial charge is 0.497 e. The van der Waals surface area contributed by atoms with E-state index >= 15 is 0 Å². The Morgan fingerprint density at radius 1 is 1.45 bits per heavy atom. The molecule has 1 amide bonds. The molecule has 0 aromatic heterocycles. The van der Waals surface area contributed by atoms with Gasteiger partial charge in [0.2, 0.25) is 5.91 Å². The number of carbonyl (C=O) groups excluding carboxylic acids is 1. The van der Waals surface area contributed by atoms with Gasteiger partial charge in [0.15, 0.2) is 0 Å². The van der Waals surface area contributed by atoms with Crippen LogP contribution >= 0.6 is 0 Å². The number of methoxy groups -OCH3 is 1. The Hall–Kier alpha value is -1.55. The lowest BCUT2D eigenvalue weighted by Crippen LogP contribution is -2.41. The number of benzene rings is 1. The van der Waals surface area contributed by atoms with Crippen LogP contribution in [-0.2, 0) is 4.79 Å². The van der Waals surface area contributed by atoms with Crippen molar-refractivity contribution >= 4 is 5.91 Å². The predicted molar refractivity (Wildman–Crippen MR) is 86.9 cm³/mol. The summed E-state index contributed by atoms with van der Waals surface area (Å²) in [5.41, 5.74) is 1.23. The van der Waals surface area contributed by atoms with E-state index in [9.17, 15) is 9.90 Å². The van der Waals surface area contributed by atoms with E-state index in [1.54, 1.807) is 7.11 Å². The number of ether oxygens (including phenoxy) is 1. The molecule has 1 fully saturated rings. The average molecular weight is 305 g/mol. The first kappa shape index (κ1) is 16.8. The summed E-state index contributed by atoms with van der Waals surface area (Å²) in [4.78, 5) is 12.3. The maximum absolute atomic E-state index is 12.3. The molecule has 4 heteroatoms. The maximum atomic E-state index is 12.3. The molecule has 22 heavy (non-hydrogen) atoms. The molecule has 1 aliphatic carbocycles. The molecule has 0 heterocycles. The Kier molecular flexibility index (Phi) is 5.12. The highest BCUT2D eigenvalue weighted by molar-refractivity contribution is 5.83. The molecule has 0 spiro atoms. The van der Waals surface area contributed by atoms with Crippen molar-refractivity contribution in [1.82, 2.24) is 5.32 Å². The zero-order valence-electron chi connectivity index (χ0n) is 13.9. The minimum absolute atomic E-state index is 0.0143. The van der Waals surface area contributed by atoms with Gasteiger partial charge in [-0.1, -0.05) is 32.9 Å². The lowest BCUT2D eigenvalue weighted by atomic mass is 9.88. The van der Waals surface area contributed by atoms with Gasteiger partial charge in [0.25, 0.3) is 0 Å². The molecular formula is C18H27NO3. The van der Waals surface area contributed by atoms with Crippen molar-refractivity contribution in [3.8, 4) is 5.75 Å². The van der Waals surface area contributed by atoms with Gasteiger partial charge < -0.3 is 15.2 Å². The second-order valence-corrected chi connectivity index (χ2v) is 7.38. The smallest absolute Gasteiger partial charge is 0.224 e. The molecule has 1 saturated carbocycles. The third kappa shape index (κ3) is 4.47. The molecule has 1 aromatic rings. The van der Waals surface area contributed by atoms with Crippen LogP contribution in [0.3, 0.4) is 0 Å². The van der Waals surface area contributed by atoms with Gasteiger partial charge in [-0.2, -0.15) is 0 Å². The zero-order chi connectivity index (χ0) is 16.3. The Bertz CT molecular complexity index is 521. The number of hydrogen-bond donors (Lipinski definition) is 2. The zero-order valence-corrected chi connectivity index (χ0v) is 13.9. The van der Waals surface area contributed by atoms with Crippen LogP contribution in [0.25, 0.3) is 0 Å². The quantitative estimate of drug-likeness (QED) is 0.849. The number of aliphatic hydroxyl groups excluding tert-OH is 1. The fraction of sp³-hybridized carbons (Fsp3) is 0.611. The number of aliphatic hydroxyl groups is 1. The number of amides is 1. The van der Waals surface area contributed by atoms with Crippen LogP contribution in [-0.4, -0.2) is 30.8 Å². The molecule has 0 aliphatic heterocycles. The second-order valence-electron chi connectivity index (χ2n) is 7.38. The fourth-order valence-electron chi connectivity index (χ4n) is 2.93. The van der Waals surface area contributed by atoms with Gasteiger partial charge in [-0.25, -0.2) is 0 Å². The highest BCUT2D eigenvalue weighted by Gasteiger charge is 2.44. The first-order chi connectivity index (χ1) is 10.3. The minimum atomic E-state index is -0.168. The third-order valence-electron chi connectivity index (χ3n) is 4.07. The van der Waals surface area contributed by atoms with Crippen LogP contribution in [0.5, 0.6) is 5.75 Å². The Labute approximate surface area is 132 Å². The number of rotatable bonds is 6. The number of carbonyl (C=O) groups is 1. The summed E-state index contributed by atoms with van der Waals surface area (Å²) in [5, 5.41) is 12.5. The molecule has 122 valence electrons. The highest BCUT2D eigenvalue weighted by Crippen LogP contribution is 2.48. The van der Waals surface area contributed by atoms with Crippen molar-refractivity contribution in [2.24, 2.45) is 11.3 Å². The SMILES string of the molecule is COc1cccc(C2CC2C(=O)NC(CO)CC(C)(C)C)c1. The van der Waals surface area contributed by atoms with Crippen molar-refractivity contribution in [2.45, 2.75) is 45.6 Å². The minimum Gasteiger partial charge on any atom is -0.497 e. The summed E-state index contributed by atoms with van der Waals surface area (Å²) in [6, 6.07) is 7.73. The van der Waals surface area contributed by atoms with E-state index in [0.29, 0.717) is 0 Å². The maximum Gasteiger partial charge on any atom is 0.224 e. The lowest BCUT2D eigenvalue weighted by molar-refractivity contribution is -0.123. The van der Waals surface area contributed by atoms with Crippen molar-refractivity contribution in [2.75, 3.05) is 13.7 Å². The highest BCUT2D eigenvalue weighted by atomic mass is 16.5. The third-order valence-corrected chi connectivity index (χ3v) is 4.07. The first-order valence-corrected chi connectivity index (χ1v) is 7.89. The Morgan fingerprint density at radius 2 is 2.18 bits per heavy atom. The van der Waals surface area contributed by atoms with E-state index < -0.39 is 0 Å². The first-order valence-electron chi connectivity index (χ1n) is 7.89. The number of nitrogens with one attached hydrogen (secondary N) is 1. The van der Waals surface area contributed by atoms with Crippen molar-refractivity contribution < 1.29 is 14.6 Å². The number of hydrogen-bond acceptors (Lipinski definition) is 3. The van der Waals surface area contributed by atoms with E-state index in [0.717, 1.165) is 24.2 Å². The van der Waals surface area contributed by atoms with Crippen molar-refractivity contribution in [3.05, 3.63) is 29.8 Å². The normalized spacial score (nSPS) is 22.0. The Morgan fingerprint density at radius 3 is 2.77 bits per heavy atom. The standard InChI is InChI=1S/C18H27NO3/c1-18(2,3)10-13(11-20)19-17(21)16-9-15(16)12-6-5-7-14(8-12)22-4/h5-8,13,15-16,20H,9-11H2,1-4H3,(H,19,21). The molecule has 0 saturated heterocycles. The van der Waals surface area contributed by atoms with Crippen molar-refractivity contribution in [3.63, 3.8) is 0 Å². The van der Waals surface area contributed by atoms with Crippen LogP contribution in [0.1, 0.15) is 45.1 Å². The summed E-state index contributed by atoms with van der Waals surface area (Å²) in [6.45, 7) is 6.31. The van der Waals surface area contributed by atoms with Gasteiger partial charge in [0.1, 0.15) is 5.75 Å². The van der Waals surface area contributed by atoms with Crippen LogP contribution in [0.4, 0.5) is 0 Å². The molecular weight excluding hydrogens is 278 g/mol. The second kappa shape index (κ2) is 6.69. The van der Waals surface area contributed by atoms with Gasteiger partial charge in [0.05, 0.1) is 19.8 Å². The topological polar surface area (TPSA) is 58.6 Å². The lowest BCUT2D eigenvalue weighted by Gasteiger charge is -2.25. The molecule has 4 nitrogen and oxygen atoms in total. The summed E-state index contributed by atoms with van der Waals surface area (Å²) in [5.74, 6) is 1.16.